The smallest absolute Gasteiger partial charge is 0.306 e. The molecule has 5 heteroatoms. The third-order valence-corrected chi connectivity index (χ3v) is 2.35. The molecule has 0 heterocycles. The van der Waals surface area contributed by atoms with Crippen LogP contribution in [0.5, 0.6) is 5.75 Å². The van der Waals surface area contributed by atoms with Crippen molar-refractivity contribution in [1.82, 2.24) is 5.32 Å². The average molecular weight is 253 g/mol. The number of carbonyl (C=O) groups is 1. The highest BCUT2D eigenvalue weighted by molar-refractivity contribution is 5.67. The van der Waals surface area contributed by atoms with Crippen molar-refractivity contribution >= 4 is 5.97 Å². The van der Waals surface area contributed by atoms with Gasteiger partial charge in [0.05, 0.1) is 19.1 Å². The summed E-state index contributed by atoms with van der Waals surface area (Å²) in [6.45, 7) is 3.42. The summed E-state index contributed by atoms with van der Waals surface area (Å²) >= 11 is 0. The Labute approximate surface area is 106 Å². The lowest BCUT2D eigenvalue weighted by Crippen LogP contribution is -2.28. The molecule has 0 spiro atoms. The molecule has 5 nitrogen and oxygen atoms in total. The van der Waals surface area contributed by atoms with Gasteiger partial charge in [0.25, 0.3) is 0 Å². The van der Waals surface area contributed by atoms with Gasteiger partial charge in [-0.15, -0.1) is 0 Å². The average Bonchev–Trinajstić information content (AvgIpc) is 2.31. The van der Waals surface area contributed by atoms with Gasteiger partial charge < -0.3 is 20.3 Å². The van der Waals surface area contributed by atoms with Gasteiger partial charge in [-0.1, -0.05) is 12.1 Å². The first-order valence-corrected chi connectivity index (χ1v) is 5.94. The summed E-state index contributed by atoms with van der Waals surface area (Å²) in [6.07, 6.45) is -1.10. The first-order valence-electron chi connectivity index (χ1n) is 5.94. The Kier molecular flexibility index (Phi) is 6.18. The van der Waals surface area contributed by atoms with Crippen molar-refractivity contribution in [2.45, 2.75) is 26.0 Å². The summed E-state index contributed by atoms with van der Waals surface area (Å²) in [6, 6.07) is 7.63. The molecular weight excluding hydrogens is 234 g/mol. The third-order valence-electron chi connectivity index (χ3n) is 2.35. The van der Waals surface area contributed by atoms with Gasteiger partial charge >= 0.3 is 5.97 Å². The SMILES string of the molecule is CCOc1ccc(CNCC(O)CC(=O)O)cc1. The lowest BCUT2D eigenvalue weighted by molar-refractivity contribution is -0.139. The van der Waals surface area contributed by atoms with E-state index >= 15 is 0 Å². The van der Waals surface area contributed by atoms with Crippen LogP contribution in [0.15, 0.2) is 24.3 Å². The first-order chi connectivity index (χ1) is 8.61. The van der Waals surface area contributed by atoms with Gasteiger partial charge in [0, 0.05) is 13.1 Å². The minimum absolute atomic E-state index is 0.240. The maximum Gasteiger partial charge on any atom is 0.306 e. The Balaban J connectivity index is 2.28. The molecule has 0 amide bonds. The number of aliphatic carboxylic acids is 1. The quantitative estimate of drug-likeness (QED) is 0.644. The molecule has 1 aromatic carbocycles. The highest BCUT2D eigenvalue weighted by Gasteiger charge is 2.08. The van der Waals surface area contributed by atoms with E-state index in [-0.39, 0.29) is 13.0 Å². The Morgan fingerprint density at radius 3 is 2.61 bits per heavy atom. The van der Waals surface area contributed by atoms with E-state index in [0.717, 1.165) is 11.3 Å². The molecule has 18 heavy (non-hydrogen) atoms. The minimum atomic E-state index is -0.995. The molecule has 1 rings (SSSR count). The van der Waals surface area contributed by atoms with Crippen LogP contribution in [-0.2, 0) is 11.3 Å². The number of benzene rings is 1. The number of carboxylic acids is 1. The number of nitrogens with one attached hydrogen (secondary N) is 1. The fourth-order valence-corrected chi connectivity index (χ4v) is 1.53. The highest BCUT2D eigenvalue weighted by Crippen LogP contribution is 2.11. The second-order valence-corrected chi connectivity index (χ2v) is 3.96. The van der Waals surface area contributed by atoms with E-state index in [1.807, 2.05) is 31.2 Å². The number of hydrogen-bond acceptors (Lipinski definition) is 4. The van der Waals surface area contributed by atoms with E-state index < -0.39 is 12.1 Å². The van der Waals surface area contributed by atoms with E-state index in [0.29, 0.717) is 13.2 Å². The Bertz CT molecular complexity index is 364. The van der Waals surface area contributed by atoms with E-state index in [2.05, 4.69) is 5.32 Å². The fraction of sp³-hybridized carbons (Fsp3) is 0.462. The van der Waals surface area contributed by atoms with Crippen molar-refractivity contribution in [2.24, 2.45) is 0 Å². The lowest BCUT2D eigenvalue weighted by Gasteiger charge is -2.10. The summed E-state index contributed by atoms with van der Waals surface area (Å²) in [7, 11) is 0. The normalized spacial score (nSPS) is 12.1. The molecule has 0 fully saturated rings. The highest BCUT2D eigenvalue weighted by atomic mass is 16.5. The molecule has 1 unspecified atom stereocenters. The summed E-state index contributed by atoms with van der Waals surface area (Å²) < 4.78 is 5.32. The minimum Gasteiger partial charge on any atom is -0.494 e. The van der Waals surface area contributed by atoms with E-state index in [4.69, 9.17) is 9.84 Å². The van der Waals surface area contributed by atoms with E-state index in [1.165, 1.54) is 0 Å². The zero-order valence-corrected chi connectivity index (χ0v) is 10.4. The zero-order valence-electron chi connectivity index (χ0n) is 10.4. The topological polar surface area (TPSA) is 78.8 Å². The molecule has 0 bridgehead atoms. The molecule has 0 radical (unpaired) electrons. The molecule has 0 saturated heterocycles. The maximum absolute atomic E-state index is 10.3. The molecular formula is C13H19NO4. The predicted molar refractivity (Wildman–Crippen MR) is 67.6 cm³/mol. The summed E-state index contributed by atoms with van der Waals surface area (Å²) in [5.41, 5.74) is 1.06. The fourth-order valence-electron chi connectivity index (χ4n) is 1.53. The standard InChI is InChI=1S/C13H19NO4/c1-2-18-12-5-3-10(4-6-12)8-14-9-11(15)7-13(16)17/h3-6,11,14-15H,2,7-9H2,1H3,(H,16,17). The Morgan fingerprint density at radius 2 is 2.06 bits per heavy atom. The third kappa shape index (κ3) is 5.65. The van der Waals surface area contributed by atoms with Crippen LogP contribution in [0.2, 0.25) is 0 Å². The summed E-state index contributed by atoms with van der Waals surface area (Å²) in [4.78, 5) is 10.3. The van der Waals surface area contributed by atoms with E-state index in [1.54, 1.807) is 0 Å². The number of ether oxygens (including phenoxy) is 1. The maximum atomic E-state index is 10.3. The second-order valence-electron chi connectivity index (χ2n) is 3.96. The van der Waals surface area contributed by atoms with Crippen LogP contribution in [0, 0.1) is 0 Å². The molecule has 1 aromatic rings. The Morgan fingerprint density at radius 1 is 1.39 bits per heavy atom. The Hall–Kier alpha value is -1.59. The molecule has 100 valence electrons. The van der Waals surface area contributed by atoms with Crippen molar-refractivity contribution in [3.05, 3.63) is 29.8 Å². The van der Waals surface area contributed by atoms with Crippen LogP contribution in [-0.4, -0.2) is 35.4 Å². The van der Waals surface area contributed by atoms with Gasteiger partial charge in [-0.2, -0.15) is 0 Å². The molecule has 0 aliphatic carbocycles. The number of hydrogen-bond donors (Lipinski definition) is 3. The molecule has 0 saturated carbocycles. The zero-order chi connectivity index (χ0) is 13.4. The number of carboxylic acid groups (broad SMARTS) is 1. The summed E-state index contributed by atoms with van der Waals surface area (Å²) in [5, 5.41) is 20.8. The van der Waals surface area contributed by atoms with Crippen molar-refractivity contribution in [3.8, 4) is 5.75 Å². The van der Waals surface area contributed by atoms with Gasteiger partial charge in [-0.25, -0.2) is 0 Å². The van der Waals surface area contributed by atoms with Crippen molar-refractivity contribution in [2.75, 3.05) is 13.2 Å². The largest absolute Gasteiger partial charge is 0.494 e. The van der Waals surface area contributed by atoms with Gasteiger partial charge in [0.15, 0.2) is 0 Å². The number of aliphatic hydroxyl groups is 1. The summed E-state index contributed by atoms with van der Waals surface area (Å²) in [5.74, 6) is -0.169. The van der Waals surface area contributed by atoms with E-state index in [9.17, 15) is 9.90 Å². The number of aliphatic hydroxyl groups excluding tert-OH is 1. The van der Waals surface area contributed by atoms with Crippen molar-refractivity contribution in [3.63, 3.8) is 0 Å². The van der Waals surface area contributed by atoms with Crippen molar-refractivity contribution < 1.29 is 19.7 Å². The molecule has 0 aromatic heterocycles. The van der Waals surface area contributed by atoms with Crippen molar-refractivity contribution in [1.29, 1.82) is 0 Å². The molecule has 0 aliphatic heterocycles. The predicted octanol–water partition coefficient (Wildman–Crippen LogP) is 1.01. The lowest BCUT2D eigenvalue weighted by atomic mass is 10.2. The van der Waals surface area contributed by atoms with Gasteiger partial charge in [0.2, 0.25) is 0 Å². The van der Waals surface area contributed by atoms with Gasteiger partial charge in [0.1, 0.15) is 5.75 Å². The van der Waals surface area contributed by atoms with Crippen LogP contribution in [0.25, 0.3) is 0 Å². The van der Waals surface area contributed by atoms with Crippen LogP contribution in [0.1, 0.15) is 18.9 Å². The number of rotatable bonds is 8. The first kappa shape index (κ1) is 14.5. The van der Waals surface area contributed by atoms with Gasteiger partial charge in [-0.05, 0) is 24.6 Å². The van der Waals surface area contributed by atoms with Crippen LogP contribution < -0.4 is 10.1 Å². The monoisotopic (exact) mass is 253 g/mol. The van der Waals surface area contributed by atoms with Crippen LogP contribution in [0.4, 0.5) is 0 Å². The molecule has 3 N–H and O–H groups in total. The second kappa shape index (κ2) is 7.68. The molecule has 0 aliphatic rings. The van der Waals surface area contributed by atoms with Gasteiger partial charge in [-0.3, -0.25) is 4.79 Å². The molecule has 1 atom stereocenters. The van der Waals surface area contributed by atoms with Crippen LogP contribution in [0.3, 0.4) is 0 Å². The van der Waals surface area contributed by atoms with Crippen LogP contribution >= 0.6 is 0 Å².